The third kappa shape index (κ3) is 1.63. The number of rotatable bonds is 1. The van der Waals surface area contributed by atoms with Gasteiger partial charge in [0.1, 0.15) is 5.60 Å². The van der Waals surface area contributed by atoms with Gasteiger partial charge in [0.15, 0.2) is 0 Å². The molecule has 0 bridgehead atoms. The van der Waals surface area contributed by atoms with Crippen LogP contribution in [-0.2, 0) is 4.74 Å². The van der Waals surface area contributed by atoms with Crippen LogP contribution in [0.1, 0.15) is 19.8 Å². The molecule has 0 radical (unpaired) electrons. The highest BCUT2D eigenvalue weighted by Crippen LogP contribution is 2.43. The molecule has 1 amide bonds. The second-order valence-electron chi connectivity index (χ2n) is 4.46. The lowest BCUT2D eigenvalue weighted by molar-refractivity contribution is 0.0307. The Kier molecular flexibility index (Phi) is 1.95. The van der Waals surface area contributed by atoms with Gasteiger partial charge < -0.3 is 15.8 Å². The van der Waals surface area contributed by atoms with Crippen molar-refractivity contribution >= 4 is 6.09 Å². The Hall–Kier alpha value is -0.770. The molecule has 2 aliphatic rings. The fourth-order valence-corrected chi connectivity index (χ4v) is 2.78. The Balaban J connectivity index is 2.00. The van der Waals surface area contributed by atoms with E-state index in [0.29, 0.717) is 11.8 Å². The van der Waals surface area contributed by atoms with Crippen LogP contribution in [0.2, 0.25) is 0 Å². The SMILES string of the molecule is C[C@]1(OC(N)=O)C[C@H]2CNC[C@H]2C1. The number of primary amides is 1. The molecular weight excluding hydrogens is 168 g/mol. The fraction of sp³-hybridized carbons (Fsp3) is 0.889. The standard InChI is InChI=1S/C9H16N2O2/c1-9(13-8(10)12)2-6-4-11-5-7(6)3-9/h6-7,11H,2-5H2,1H3,(H2,10,12)/t6-,7+,9-. The first-order chi connectivity index (χ1) is 6.09. The Labute approximate surface area is 77.8 Å². The normalized spacial score (nSPS) is 43.2. The summed E-state index contributed by atoms with van der Waals surface area (Å²) in [6.45, 7) is 4.10. The van der Waals surface area contributed by atoms with E-state index in [1.807, 2.05) is 6.92 Å². The van der Waals surface area contributed by atoms with E-state index in [1.54, 1.807) is 0 Å². The van der Waals surface area contributed by atoms with Crippen molar-refractivity contribution in [1.29, 1.82) is 0 Å². The molecule has 0 spiro atoms. The second-order valence-corrected chi connectivity index (χ2v) is 4.46. The van der Waals surface area contributed by atoms with Gasteiger partial charge in [-0.3, -0.25) is 0 Å². The molecule has 1 aliphatic carbocycles. The van der Waals surface area contributed by atoms with Crippen molar-refractivity contribution in [2.45, 2.75) is 25.4 Å². The minimum Gasteiger partial charge on any atom is -0.443 e. The number of carbonyl (C=O) groups excluding carboxylic acids is 1. The number of fused-ring (bicyclic) bond motifs is 1. The highest BCUT2D eigenvalue weighted by Gasteiger charge is 2.46. The number of ether oxygens (including phenoxy) is 1. The molecule has 0 aromatic rings. The number of nitrogens with one attached hydrogen (secondary N) is 1. The summed E-state index contributed by atoms with van der Waals surface area (Å²) in [6.07, 6.45) is 1.26. The van der Waals surface area contributed by atoms with Gasteiger partial charge in [-0.05, 0) is 44.7 Å². The van der Waals surface area contributed by atoms with E-state index in [1.165, 1.54) is 0 Å². The van der Waals surface area contributed by atoms with Crippen LogP contribution in [0.4, 0.5) is 4.79 Å². The molecular formula is C9H16N2O2. The Morgan fingerprint density at radius 3 is 2.46 bits per heavy atom. The maximum absolute atomic E-state index is 10.7. The lowest BCUT2D eigenvalue weighted by Crippen LogP contribution is -2.33. The van der Waals surface area contributed by atoms with Crippen LogP contribution >= 0.6 is 0 Å². The lowest BCUT2D eigenvalue weighted by Gasteiger charge is -2.24. The molecule has 4 nitrogen and oxygen atoms in total. The smallest absolute Gasteiger partial charge is 0.405 e. The summed E-state index contributed by atoms with van der Waals surface area (Å²) in [4.78, 5) is 10.7. The molecule has 2 rings (SSSR count). The topological polar surface area (TPSA) is 64.3 Å². The van der Waals surface area contributed by atoms with E-state index in [-0.39, 0.29) is 5.60 Å². The quantitative estimate of drug-likeness (QED) is 0.622. The first-order valence-electron chi connectivity index (χ1n) is 4.78. The molecule has 1 saturated heterocycles. The minimum atomic E-state index is -0.643. The first kappa shape index (κ1) is 8.81. The summed E-state index contributed by atoms with van der Waals surface area (Å²) in [5.74, 6) is 1.34. The number of hydrogen-bond donors (Lipinski definition) is 2. The van der Waals surface area contributed by atoms with Gasteiger partial charge in [0, 0.05) is 0 Å². The highest BCUT2D eigenvalue weighted by molar-refractivity contribution is 5.65. The van der Waals surface area contributed by atoms with Crippen molar-refractivity contribution in [3.63, 3.8) is 0 Å². The van der Waals surface area contributed by atoms with Crippen LogP contribution in [-0.4, -0.2) is 24.8 Å². The second kappa shape index (κ2) is 2.87. The Bertz CT molecular complexity index is 218. The van der Waals surface area contributed by atoms with Crippen LogP contribution in [0.15, 0.2) is 0 Å². The Morgan fingerprint density at radius 1 is 1.46 bits per heavy atom. The average molecular weight is 184 g/mol. The van der Waals surface area contributed by atoms with E-state index in [0.717, 1.165) is 25.9 Å². The average Bonchev–Trinajstić information content (AvgIpc) is 2.41. The molecule has 0 unspecified atom stereocenters. The summed E-state index contributed by atoms with van der Waals surface area (Å²) < 4.78 is 5.15. The molecule has 4 heteroatoms. The predicted octanol–water partition coefficient (Wildman–Crippen LogP) is 0.470. The molecule has 0 aromatic carbocycles. The summed E-state index contributed by atoms with van der Waals surface area (Å²) in [6, 6.07) is 0. The maximum atomic E-state index is 10.7. The van der Waals surface area contributed by atoms with Gasteiger partial charge in [0.05, 0.1) is 0 Å². The van der Waals surface area contributed by atoms with Crippen molar-refractivity contribution in [2.24, 2.45) is 17.6 Å². The van der Waals surface area contributed by atoms with Gasteiger partial charge in [-0.1, -0.05) is 0 Å². The number of carbonyl (C=O) groups is 1. The molecule has 2 fully saturated rings. The van der Waals surface area contributed by atoms with E-state index in [9.17, 15) is 4.79 Å². The first-order valence-corrected chi connectivity index (χ1v) is 4.78. The molecule has 13 heavy (non-hydrogen) atoms. The van der Waals surface area contributed by atoms with Gasteiger partial charge in [-0.15, -0.1) is 0 Å². The summed E-state index contributed by atoms with van der Waals surface area (Å²) in [5, 5.41) is 3.34. The predicted molar refractivity (Wildman–Crippen MR) is 48.2 cm³/mol. The van der Waals surface area contributed by atoms with Gasteiger partial charge in [0.2, 0.25) is 0 Å². The van der Waals surface area contributed by atoms with Crippen LogP contribution < -0.4 is 11.1 Å². The monoisotopic (exact) mass is 184 g/mol. The lowest BCUT2D eigenvalue weighted by atomic mass is 10.0. The van der Waals surface area contributed by atoms with E-state index in [4.69, 9.17) is 10.5 Å². The molecule has 1 saturated carbocycles. The molecule has 74 valence electrons. The van der Waals surface area contributed by atoms with Gasteiger partial charge in [-0.25, -0.2) is 4.79 Å². The largest absolute Gasteiger partial charge is 0.443 e. The van der Waals surface area contributed by atoms with Gasteiger partial charge in [0.25, 0.3) is 0 Å². The maximum Gasteiger partial charge on any atom is 0.405 e. The molecule has 1 aliphatic heterocycles. The zero-order valence-electron chi connectivity index (χ0n) is 7.88. The van der Waals surface area contributed by atoms with Crippen molar-refractivity contribution in [3.05, 3.63) is 0 Å². The van der Waals surface area contributed by atoms with Crippen molar-refractivity contribution in [1.82, 2.24) is 5.32 Å². The summed E-state index contributed by atoms with van der Waals surface area (Å²) in [7, 11) is 0. The minimum absolute atomic E-state index is 0.302. The summed E-state index contributed by atoms with van der Waals surface area (Å²) >= 11 is 0. The van der Waals surface area contributed by atoms with E-state index in [2.05, 4.69) is 5.32 Å². The van der Waals surface area contributed by atoms with Crippen molar-refractivity contribution in [2.75, 3.05) is 13.1 Å². The number of hydrogen-bond acceptors (Lipinski definition) is 3. The molecule has 3 atom stereocenters. The zero-order chi connectivity index (χ0) is 9.47. The van der Waals surface area contributed by atoms with Crippen molar-refractivity contribution < 1.29 is 9.53 Å². The number of nitrogens with two attached hydrogens (primary N) is 1. The van der Waals surface area contributed by atoms with Crippen LogP contribution in [0.5, 0.6) is 0 Å². The van der Waals surface area contributed by atoms with Crippen molar-refractivity contribution in [3.8, 4) is 0 Å². The Morgan fingerprint density at radius 2 is 2.00 bits per heavy atom. The number of amides is 1. The van der Waals surface area contributed by atoms with E-state index < -0.39 is 6.09 Å². The van der Waals surface area contributed by atoms with Crippen LogP contribution in [0.3, 0.4) is 0 Å². The van der Waals surface area contributed by atoms with Crippen LogP contribution in [0.25, 0.3) is 0 Å². The van der Waals surface area contributed by atoms with E-state index >= 15 is 0 Å². The summed E-state index contributed by atoms with van der Waals surface area (Å²) in [5.41, 5.74) is 4.73. The van der Waals surface area contributed by atoms with Gasteiger partial charge >= 0.3 is 6.09 Å². The highest BCUT2D eigenvalue weighted by atomic mass is 16.6. The third-order valence-electron chi connectivity index (χ3n) is 3.21. The molecule has 0 aromatic heterocycles. The molecule has 3 N–H and O–H groups in total. The van der Waals surface area contributed by atoms with Gasteiger partial charge in [-0.2, -0.15) is 0 Å². The fourth-order valence-electron chi connectivity index (χ4n) is 2.78. The molecule has 1 heterocycles. The third-order valence-corrected chi connectivity index (χ3v) is 3.21. The zero-order valence-corrected chi connectivity index (χ0v) is 7.88. The van der Waals surface area contributed by atoms with Crippen LogP contribution in [0, 0.1) is 11.8 Å².